The summed E-state index contributed by atoms with van der Waals surface area (Å²) in [5.74, 6) is -2.61. The number of hydrogen-bond acceptors (Lipinski definition) is 4. The van der Waals surface area contributed by atoms with Crippen LogP contribution in [-0.2, 0) is 39.8 Å². The Bertz CT molecular complexity index is 1730. The summed E-state index contributed by atoms with van der Waals surface area (Å²) in [6.07, 6.45) is -3.51. The van der Waals surface area contributed by atoms with Gasteiger partial charge in [0.1, 0.15) is 17.4 Å². The van der Waals surface area contributed by atoms with Crippen molar-refractivity contribution >= 4 is 46.0 Å². The van der Waals surface area contributed by atoms with Crippen molar-refractivity contribution in [3.63, 3.8) is 0 Å². The Morgan fingerprint density at radius 2 is 1.67 bits per heavy atom. The summed E-state index contributed by atoms with van der Waals surface area (Å²) in [7, 11) is 0. The van der Waals surface area contributed by atoms with Gasteiger partial charge in [-0.2, -0.15) is 13.2 Å². The first-order valence-corrected chi connectivity index (χ1v) is 17.9. The molecule has 3 amide bonds. The quantitative estimate of drug-likeness (QED) is 0.0967. The van der Waals surface area contributed by atoms with Crippen LogP contribution in [0.3, 0.4) is 0 Å². The third-order valence-corrected chi connectivity index (χ3v) is 10.3. The maximum absolute atomic E-state index is 14.6. The maximum atomic E-state index is 14.6. The van der Waals surface area contributed by atoms with Gasteiger partial charge >= 0.3 is 6.18 Å². The fraction of sp³-hybridized carbons (Fsp3) is 0.514. The number of carbonyl (C=O) groups excluding carboxylic acids is 3. The summed E-state index contributed by atoms with van der Waals surface area (Å²) in [5.41, 5.74) is -1.23. The number of fused-ring (bicyclic) bond motifs is 3. The first-order chi connectivity index (χ1) is 24.1. The van der Waals surface area contributed by atoms with E-state index >= 15 is 0 Å². The number of H-pyrrole nitrogens is 1. The van der Waals surface area contributed by atoms with Crippen molar-refractivity contribution in [1.82, 2.24) is 31.6 Å². The zero-order valence-electron chi connectivity index (χ0n) is 29.7. The molecule has 278 valence electrons. The predicted octanol–water partition coefficient (Wildman–Crippen LogP) is 5.46. The molecular formula is C37H48F4N6O3S. The number of aromatic amines is 1. The fourth-order valence-corrected chi connectivity index (χ4v) is 6.76. The number of benzene rings is 2. The molecule has 1 heterocycles. The van der Waals surface area contributed by atoms with Crippen molar-refractivity contribution in [2.45, 2.75) is 96.9 Å². The lowest BCUT2D eigenvalue weighted by molar-refractivity contribution is -0.137. The van der Waals surface area contributed by atoms with Crippen LogP contribution in [0.1, 0.15) is 76.3 Å². The highest BCUT2D eigenvalue weighted by Gasteiger charge is 2.47. The zero-order chi connectivity index (χ0) is 37.5. The van der Waals surface area contributed by atoms with Crippen LogP contribution in [0.2, 0.25) is 0 Å². The predicted molar refractivity (Wildman–Crippen MR) is 193 cm³/mol. The molecule has 0 saturated heterocycles. The number of rotatable bonds is 14. The summed E-state index contributed by atoms with van der Waals surface area (Å²) >= 11 is 5.34. The van der Waals surface area contributed by atoms with Crippen LogP contribution in [0.4, 0.5) is 17.6 Å². The highest BCUT2D eigenvalue weighted by Crippen LogP contribution is 2.40. The summed E-state index contributed by atoms with van der Waals surface area (Å²) in [6, 6.07) is 8.29. The molecule has 51 heavy (non-hydrogen) atoms. The van der Waals surface area contributed by atoms with Crippen molar-refractivity contribution in [2.24, 2.45) is 11.8 Å². The smallest absolute Gasteiger partial charge is 0.363 e. The third kappa shape index (κ3) is 9.38. The first kappa shape index (κ1) is 39.6. The van der Waals surface area contributed by atoms with Crippen LogP contribution in [0.5, 0.6) is 0 Å². The molecule has 1 aliphatic carbocycles. The van der Waals surface area contributed by atoms with Crippen molar-refractivity contribution in [3.05, 3.63) is 70.7 Å². The number of amides is 3. The number of thiocarbonyl (C=S) groups is 1. The van der Waals surface area contributed by atoms with Crippen molar-refractivity contribution in [2.75, 3.05) is 13.1 Å². The van der Waals surface area contributed by atoms with Gasteiger partial charge in [0.25, 0.3) is 0 Å². The Morgan fingerprint density at radius 1 is 0.961 bits per heavy atom. The van der Waals surface area contributed by atoms with Crippen LogP contribution < -0.4 is 26.6 Å². The number of nitrogens with one attached hydrogen (secondary N) is 6. The fourth-order valence-electron chi connectivity index (χ4n) is 6.53. The second-order valence-corrected chi connectivity index (χ2v) is 13.9. The number of hydrogen-bond donors (Lipinski definition) is 6. The molecule has 9 nitrogen and oxygen atoms in total. The lowest BCUT2D eigenvalue weighted by Crippen LogP contribution is -2.67. The summed E-state index contributed by atoms with van der Waals surface area (Å²) in [5, 5.41) is 15.8. The van der Waals surface area contributed by atoms with Gasteiger partial charge < -0.3 is 31.6 Å². The van der Waals surface area contributed by atoms with Crippen molar-refractivity contribution in [3.8, 4) is 0 Å². The molecule has 3 aromatic rings. The number of aryl methyl sites for hydroxylation is 1. The van der Waals surface area contributed by atoms with Gasteiger partial charge in [0.15, 0.2) is 5.11 Å². The minimum absolute atomic E-state index is 0.00857. The Balaban J connectivity index is 1.71. The molecule has 0 aliphatic heterocycles. The summed E-state index contributed by atoms with van der Waals surface area (Å²) in [4.78, 5) is 45.0. The molecule has 0 radical (unpaired) electrons. The van der Waals surface area contributed by atoms with Gasteiger partial charge in [0.2, 0.25) is 17.7 Å². The average Bonchev–Trinajstić information content (AvgIpc) is 3.46. The van der Waals surface area contributed by atoms with Crippen LogP contribution in [-0.4, -0.2) is 58.5 Å². The normalized spacial score (nSPS) is 18.1. The van der Waals surface area contributed by atoms with E-state index in [-0.39, 0.29) is 48.6 Å². The summed E-state index contributed by atoms with van der Waals surface area (Å²) < 4.78 is 56.4. The molecule has 2 unspecified atom stereocenters. The molecule has 4 rings (SSSR count). The van der Waals surface area contributed by atoms with Crippen LogP contribution in [0.15, 0.2) is 42.5 Å². The Morgan fingerprint density at radius 3 is 2.31 bits per heavy atom. The van der Waals surface area contributed by atoms with E-state index in [9.17, 15) is 31.9 Å². The van der Waals surface area contributed by atoms with E-state index in [0.717, 1.165) is 12.5 Å². The Hall–Kier alpha value is -4.20. The first-order valence-electron chi connectivity index (χ1n) is 17.5. The van der Waals surface area contributed by atoms with E-state index in [0.29, 0.717) is 41.3 Å². The van der Waals surface area contributed by atoms with Gasteiger partial charge in [-0.25, -0.2) is 4.39 Å². The van der Waals surface area contributed by atoms with Gasteiger partial charge in [0, 0.05) is 36.6 Å². The molecule has 0 bridgehead atoms. The van der Waals surface area contributed by atoms with Crippen molar-refractivity contribution in [1.29, 1.82) is 0 Å². The number of aromatic nitrogens is 1. The van der Waals surface area contributed by atoms with Gasteiger partial charge in [-0.15, -0.1) is 0 Å². The molecule has 14 heteroatoms. The Labute approximate surface area is 301 Å². The highest BCUT2D eigenvalue weighted by atomic mass is 32.1. The lowest BCUT2D eigenvalue weighted by atomic mass is 9.78. The molecule has 0 saturated carbocycles. The van der Waals surface area contributed by atoms with E-state index < -0.39 is 52.9 Å². The molecule has 2 aromatic carbocycles. The van der Waals surface area contributed by atoms with Crippen LogP contribution >= 0.6 is 12.2 Å². The second kappa shape index (κ2) is 16.9. The van der Waals surface area contributed by atoms with E-state index in [1.54, 1.807) is 19.1 Å². The number of alkyl halides is 3. The third-order valence-electron chi connectivity index (χ3n) is 10.0. The Kier molecular flexibility index (Phi) is 13.1. The molecule has 6 N–H and O–H groups in total. The maximum Gasteiger partial charge on any atom is 0.418 e. The van der Waals surface area contributed by atoms with Crippen LogP contribution in [0.25, 0.3) is 10.9 Å². The van der Waals surface area contributed by atoms with Gasteiger partial charge in [-0.05, 0) is 67.1 Å². The molecule has 5 atom stereocenters. The minimum atomic E-state index is -4.61. The van der Waals surface area contributed by atoms with Gasteiger partial charge in [0.05, 0.1) is 17.5 Å². The number of halogens is 4. The topological polar surface area (TPSA) is 127 Å². The highest BCUT2D eigenvalue weighted by molar-refractivity contribution is 7.80. The monoisotopic (exact) mass is 732 g/mol. The van der Waals surface area contributed by atoms with Crippen LogP contribution in [0, 0.1) is 17.7 Å². The standard InChI is InChI=1S/C37H48F4N6O3S/c1-6-21(4)29(20-43-35(51)42-8-3)45-34(50)36(17-16-28-25(19-36)24-13-11-14-26(32(24)44-28)37(39,40)41)47-33(49)31(22(5)7-2)46-30(48)18-23-12-9-10-15-27(23)38/h9-15,21-22,29,31,44H,6-8,16-20H2,1-5H3,(H,45,50)(H,46,48)(H,47,49)(H2,42,43,51)/t21?,22?,29-,31+,36-/m1/s1. The zero-order valence-corrected chi connectivity index (χ0v) is 30.5. The lowest BCUT2D eigenvalue weighted by Gasteiger charge is -2.40. The van der Waals surface area contributed by atoms with E-state index in [1.807, 2.05) is 27.7 Å². The number of carbonyl (C=O) groups is 3. The molecular weight excluding hydrogens is 685 g/mol. The molecule has 0 fully saturated rings. The van der Waals surface area contributed by atoms with Crippen molar-refractivity contribution < 1.29 is 31.9 Å². The van der Waals surface area contributed by atoms with E-state index in [4.69, 9.17) is 12.2 Å². The van der Waals surface area contributed by atoms with Gasteiger partial charge in [-0.3, -0.25) is 14.4 Å². The van der Waals surface area contributed by atoms with Gasteiger partial charge in [-0.1, -0.05) is 70.9 Å². The second-order valence-electron chi connectivity index (χ2n) is 13.5. The minimum Gasteiger partial charge on any atom is -0.363 e. The SMILES string of the molecule is CCNC(=S)NC[C@@H](NC(=O)[C@@]1(NC(=O)[C@@H](NC(=O)Cc2ccccc2F)C(C)CC)CCc2[nH]c3c(C(F)(F)F)cccc3c2C1)C(C)CC. The summed E-state index contributed by atoms with van der Waals surface area (Å²) in [6.45, 7) is 10.4. The largest absolute Gasteiger partial charge is 0.418 e. The number of para-hydroxylation sites is 1. The molecule has 0 spiro atoms. The molecule has 1 aromatic heterocycles. The average molecular weight is 733 g/mol. The van der Waals surface area contributed by atoms with E-state index in [2.05, 4.69) is 31.6 Å². The van der Waals surface area contributed by atoms with E-state index in [1.165, 1.54) is 24.3 Å². The molecule has 1 aliphatic rings.